The Morgan fingerprint density at radius 2 is 1.82 bits per heavy atom. The van der Waals surface area contributed by atoms with Crippen molar-refractivity contribution in [1.82, 2.24) is 0 Å². The highest BCUT2D eigenvalue weighted by molar-refractivity contribution is 7.07. The zero-order valence-electron chi connectivity index (χ0n) is 11.2. The second-order valence-corrected chi connectivity index (χ2v) is 5.79. The highest BCUT2D eigenvalue weighted by atomic mass is 32.1. The Hall–Kier alpha value is -0.340. The predicted molar refractivity (Wildman–Crippen MR) is 78.6 cm³/mol. The molecule has 17 heavy (non-hydrogen) atoms. The summed E-state index contributed by atoms with van der Waals surface area (Å²) in [6.45, 7) is 2.27. The van der Waals surface area contributed by atoms with Gasteiger partial charge < -0.3 is 5.73 Å². The van der Waals surface area contributed by atoms with Crippen LogP contribution in [-0.2, 0) is 6.42 Å². The van der Waals surface area contributed by atoms with Crippen LogP contribution in [0, 0.1) is 0 Å². The van der Waals surface area contributed by atoms with Gasteiger partial charge in [0.15, 0.2) is 0 Å². The van der Waals surface area contributed by atoms with Crippen molar-refractivity contribution in [2.45, 2.75) is 70.8 Å². The van der Waals surface area contributed by atoms with E-state index in [0.29, 0.717) is 6.04 Å². The summed E-state index contributed by atoms with van der Waals surface area (Å²) in [5.74, 6) is 0. The summed E-state index contributed by atoms with van der Waals surface area (Å²) in [7, 11) is 0. The average Bonchev–Trinajstić information content (AvgIpc) is 2.80. The van der Waals surface area contributed by atoms with Crippen molar-refractivity contribution in [3.05, 3.63) is 22.4 Å². The molecular formula is C15H27NS. The molecule has 0 fully saturated rings. The fourth-order valence-corrected chi connectivity index (χ4v) is 2.86. The third-order valence-corrected chi connectivity index (χ3v) is 3.99. The van der Waals surface area contributed by atoms with Crippen molar-refractivity contribution in [1.29, 1.82) is 0 Å². The molecule has 0 aromatic carbocycles. The number of rotatable bonds is 10. The van der Waals surface area contributed by atoms with Gasteiger partial charge >= 0.3 is 0 Å². The fraction of sp³-hybridized carbons (Fsp3) is 0.733. The highest BCUT2D eigenvalue weighted by Crippen LogP contribution is 2.13. The minimum Gasteiger partial charge on any atom is -0.327 e. The molecule has 1 heterocycles. The second kappa shape index (κ2) is 9.67. The van der Waals surface area contributed by atoms with Gasteiger partial charge in [-0.3, -0.25) is 0 Å². The molecule has 0 bridgehead atoms. The van der Waals surface area contributed by atoms with E-state index in [-0.39, 0.29) is 0 Å². The lowest BCUT2D eigenvalue weighted by Crippen LogP contribution is -2.22. The van der Waals surface area contributed by atoms with E-state index in [0.717, 1.165) is 6.42 Å². The molecule has 0 aliphatic rings. The Balaban J connectivity index is 1.92. The lowest BCUT2D eigenvalue weighted by atomic mass is 10.0. The van der Waals surface area contributed by atoms with Crippen molar-refractivity contribution in [3.63, 3.8) is 0 Å². The van der Waals surface area contributed by atoms with Crippen LogP contribution in [-0.4, -0.2) is 6.04 Å². The van der Waals surface area contributed by atoms with Crippen LogP contribution in [0.1, 0.15) is 63.9 Å². The van der Waals surface area contributed by atoms with E-state index in [1.807, 2.05) is 0 Å². The molecule has 1 nitrogen and oxygen atoms in total. The van der Waals surface area contributed by atoms with Gasteiger partial charge in [0, 0.05) is 6.04 Å². The molecule has 1 atom stereocenters. The molecule has 1 rings (SSSR count). The Morgan fingerprint density at radius 1 is 1.12 bits per heavy atom. The SMILES string of the molecule is CCCCCCCCCC(N)Cc1ccsc1. The Morgan fingerprint density at radius 3 is 2.47 bits per heavy atom. The first kappa shape index (κ1) is 14.7. The minimum absolute atomic E-state index is 0.361. The van der Waals surface area contributed by atoms with Crippen molar-refractivity contribution in [2.24, 2.45) is 5.73 Å². The summed E-state index contributed by atoms with van der Waals surface area (Å²) < 4.78 is 0. The van der Waals surface area contributed by atoms with Crippen molar-refractivity contribution in [3.8, 4) is 0 Å². The number of thiophene rings is 1. The van der Waals surface area contributed by atoms with Crippen LogP contribution in [0.25, 0.3) is 0 Å². The first-order valence-electron chi connectivity index (χ1n) is 7.09. The van der Waals surface area contributed by atoms with Gasteiger partial charge in [0.05, 0.1) is 0 Å². The van der Waals surface area contributed by atoms with E-state index in [9.17, 15) is 0 Å². The van der Waals surface area contributed by atoms with Crippen LogP contribution in [0.3, 0.4) is 0 Å². The lowest BCUT2D eigenvalue weighted by Gasteiger charge is -2.10. The minimum atomic E-state index is 0.361. The van der Waals surface area contributed by atoms with E-state index >= 15 is 0 Å². The van der Waals surface area contributed by atoms with Gasteiger partial charge in [-0.25, -0.2) is 0 Å². The summed E-state index contributed by atoms with van der Waals surface area (Å²) in [4.78, 5) is 0. The molecular weight excluding hydrogens is 226 g/mol. The fourth-order valence-electron chi connectivity index (χ4n) is 2.18. The average molecular weight is 253 g/mol. The maximum atomic E-state index is 6.13. The summed E-state index contributed by atoms with van der Waals surface area (Å²) >= 11 is 1.77. The Bertz CT molecular complexity index is 256. The molecule has 0 amide bonds. The zero-order valence-corrected chi connectivity index (χ0v) is 12.0. The molecule has 0 aliphatic heterocycles. The smallest absolute Gasteiger partial charge is 0.00796 e. The largest absolute Gasteiger partial charge is 0.327 e. The van der Waals surface area contributed by atoms with Crippen molar-refractivity contribution < 1.29 is 0 Å². The molecule has 1 unspecified atom stereocenters. The first-order chi connectivity index (χ1) is 8.33. The standard InChI is InChI=1S/C15H27NS/c1-2-3-4-5-6-7-8-9-15(16)12-14-10-11-17-13-14/h10-11,13,15H,2-9,12,16H2,1H3. The normalized spacial score (nSPS) is 12.8. The molecule has 1 aromatic heterocycles. The molecule has 1 aromatic rings. The lowest BCUT2D eigenvalue weighted by molar-refractivity contribution is 0.528. The van der Waals surface area contributed by atoms with Crippen LogP contribution in [0.15, 0.2) is 16.8 Å². The summed E-state index contributed by atoms with van der Waals surface area (Å²) in [6.07, 6.45) is 11.9. The van der Waals surface area contributed by atoms with Crippen molar-refractivity contribution >= 4 is 11.3 Å². The van der Waals surface area contributed by atoms with Gasteiger partial charge in [-0.15, -0.1) is 0 Å². The zero-order chi connectivity index (χ0) is 12.3. The molecule has 0 spiro atoms. The quantitative estimate of drug-likeness (QED) is 0.598. The maximum absolute atomic E-state index is 6.13. The molecule has 98 valence electrons. The van der Waals surface area contributed by atoms with E-state index in [2.05, 4.69) is 23.8 Å². The molecule has 2 heteroatoms. The monoisotopic (exact) mass is 253 g/mol. The van der Waals surface area contributed by atoms with Gasteiger partial charge in [-0.05, 0) is 35.2 Å². The molecule has 0 aliphatic carbocycles. The molecule has 0 saturated carbocycles. The first-order valence-corrected chi connectivity index (χ1v) is 8.04. The van der Waals surface area contributed by atoms with Gasteiger partial charge in [0.25, 0.3) is 0 Å². The number of nitrogens with two attached hydrogens (primary N) is 1. The van der Waals surface area contributed by atoms with Crippen LogP contribution >= 0.6 is 11.3 Å². The van der Waals surface area contributed by atoms with Crippen LogP contribution in [0.4, 0.5) is 0 Å². The Kier molecular flexibility index (Phi) is 8.37. The van der Waals surface area contributed by atoms with E-state index < -0.39 is 0 Å². The van der Waals surface area contributed by atoms with E-state index in [4.69, 9.17) is 5.73 Å². The third kappa shape index (κ3) is 7.56. The molecule has 0 radical (unpaired) electrons. The summed E-state index contributed by atoms with van der Waals surface area (Å²) in [5.41, 5.74) is 7.54. The van der Waals surface area contributed by atoms with E-state index in [1.54, 1.807) is 11.3 Å². The molecule has 2 N–H and O–H groups in total. The predicted octanol–water partition coefficient (Wildman–Crippen LogP) is 4.76. The van der Waals surface area contributed by atoms with Crippen LogP contribution in [0.5, 0.6) is 0 Å². The van der Waals surface area contributed by atoms with Gasteiger partial charge in [-0.2, -0.15) is 11.3 Å². The number of unbranched alkanes of at least 4 members (excludes halogenated alkanes) is 6. The van der Waals surface area contributed by atoms with Crippen LogP contribution in [0.2, 0.25) is 0 Å². The Labute approximate surface area is 110 Å². The second-order valence-electron chi connectivity index (χ2n) is 5.01. The van der Waals surface area contributed by atoms with Gasteiger partial charge in [0.1, 0.15) is 0 Å². The van der Waals surface area contributed by atoms with Crippen molar-refractivity contribution in [2.75, 3.05) is 0 Å². The van der Waals surface area contributed by atoms with Crippen LogP contribution < -0.4 is 5.73 Å². The maximum Gasteiger partial charge on any atom is 0.00796 e. The number of hydrogen-bond acceptors (Lipinski definition) is 2. The van der Waals surface area contributed by atoms with Gasteiger partial charge in [0.2, 0.25) is 0 Å². The summed E-state index contributed by atoms with van der Waals surface area (Å²) in [5, 5.41) is 4.35. The van der Waals surface area contributed by atoms with Gasteiger partial charge in [-0.1, -0.05) is 51.9 Å². The van der Waals surface area contributed by atoms with E-state index in [1.165, 1.54) is 56.9 Å². The summed E-state index contributed by atoms with van der Waals surface area (Å²) in [6, 6.07) is 2.55. The topological polar surface area (TPSA) is 26.0 Å². The number of hydrogen-bond donors (Lipinski definition) is 1. The molecule has 0 saturated heterocycles. The third-order valence-electron chi connectivity index (χ3n) is 3.26. The highest BCUT2D eigenvalue weighted by Gasteiger charge is 2.04.